The Morgan fingerprint density at radius 1 is 1.09 bits per heavy atom. The van der Waals surface area contributed by atoms with Gasteiger partial charge in [-0.15, -0.1) is 0 Å². The molecule has 0 radical (unpaired) electrons. The Balaban J connectivity index is 1.39. The summed E-state index contributed by atoms with van der Waals surface area (Å²) < 4.78 is 0. The molecule has 1 N–H and O–H groups in total. The lowest BCUT2D eigenvalue weighted by Crippen LogP contribution is -2.58. The quantitative estimate of drug-likeness (QED) is 0.800. The number of carbonyl (C=O) groups is 2. The first-order valence-corrected chi connectivity index (χ1v) is 11.4. The van der Waals surface area contributed by atoms with Gasteiger partial charge in [0.25, 0.3) is 5.91 Å². The highest BCUT2D eigenvalue weighted by molar-refractivity contribution is 6.08. The Bertz CT molecular complexity index is 1100. The number of carbonyl (C=O) groups excluding carboxylic acids is 2. The van der Waals surface area contributed by atoms with Crippen LogP contribution in [0.5, 0.6) is 0 Å². The summed E-state index contributed by atoms with van der Waals surface area (Å²) in [5.41, 5.74) is 1.84. The van der Waals surface area contributed by atoms with E-state index < -0.39 is 11.0 Å². The first kappa shape index (κ1) is 21.0. The molecule has 2 aromatic rings. The van der Waals surface area contributed by atoms with Crippen LogP contribution in [0.25, 0.3) is 5.57 Å². The van der Waals surface area contributed by atoms with Gasteiger partial charge in [0, 0.05) is 11.7 Å². The van der Waals surface area contributed by atoms with Crippen LogP contribution in [0.15, 0.2) is 60.7 Å². The van der Waals surface area contributed by atoms with E-state index >= 15 is 0 Å². The van der Waals surface area contributed by atoms with E-state index in [0.717, 1.165) is 30.5 Å². The summed E-state index contributed by atoms with van der Waals surface area (Å²) in [4.78, 5) is 30.2. The third-order valence-corrected chi connectivity index (χ3v) is 7.35. The van der Waals surface area contributed by atoms with Crippen LogP contribution in [0.4, 0.5) is 5.69 Å². The number of amides is 2. The van der Waals surface area contributed by atoms with Crippen molar-refractivity contribution < 1.29 is 14.7 Å². The average molecular weight is 431 g/mol. The van der Waals surface area contributed by atoms with Crippen molar-refractivity contribution in [1.29, 1.82) is 0 Å². The van der Waals surface area contributed by atoms with E-state index in [9.17, 15) is 14.7 Å². The second-order valence-corrected chi connectivity index (χ2v) is 10.1. The van der Waals surface area contributed by atoms with Crippen LogP contribution >= 0.6 is 0 Å². The first-order chi connectivity index (χ1) is 15.2. The molecule has 0 spiro atoms. The number of anilines is 1. The van der Waals surface area contributed by atoms with E-state index in [0.29, 0.717) is 0 Å². The van der Waals surface area contributed by atoms with Gasteiger partial charge < -0.3 is 14.9 Å². The Labute approximate surface area is 189 Å². The van der Waals surface area contributed by atoms with Crippen molar-refractivity contribution in [3.05, 3.63) is 71.8 Å². The molecule has 2 bridgehead atoms. The van der Waals surface area contributed by atoms with E-state index in [1.165, 1.54) is 11.1 Å². The molecule has 2 aromatic carbocycles. The summed E-state index contributed by atoms with van der Waals surface area (Å²) in [5, 5.41) is 11.3. The molecule has 3 unspecified atom stereocenters. The Morgan fingerprint density at radius 3 is 2.50 bits per heavy atom. The molecule has 5 rings (SSSR count). The summed E-state index contributed by atoms with van der Waals surface area (Å²) in [7, 11) is 0. The molecule has 0 aliphatic carbocycles. The molecule has 5 heteroatoms. The van der Waals surface area contributed by atoms with E-state index in [-0.39, 0.29) is 30.4 Å². The largest absolute Gasteiger partial charge is 0.378 e. The molecular weight excluding hydrogens is 400 g/mol. The maximum atomic E-state index is 13.6. The fraction of sp³-hybridized carbons (Fsp3) is 0.407. The number of hydrogen-bond donors (Lipinski definition) is 1. The Kier molecular flexibility index (Phi) is 4.79. The number of nitrogens with zero attached hydrogens (tertiary/aromatic N) is 2. The van der Waals surface area contributed by atoms with Crippen molar-refractivity contribution >= 4 is 23.1 Å². The summed E-state index contributed by atoms with van der Waals surface area (Å²) in [6, 6.07) is 18.0. The molecule has 3 atom stereocenters. The molecule has 0 aromatic heterocycles. The number of fused-ring (bicyclic) bond motifs is 3. The lowest BCUT2D eigenvalue weighted by molar-refractivity contribution is -0.151. The van der Waals surface area contributed by atoms with Crippen LogP contribution in [0.1, 0.15) is 51.2 Å². The number of hydrogen-bond acceptors (Lipinski definition) is 3. The lowest BCUT2D eigenvalue weighted by atomic mass is 9.86. The topological polar surface area (TPSA) is 60.9 Å². The highest BCUT2D eigenvalue weighted by atomic mass is 16.3. The van der Waals surface area contributed by atoms with Crippen LogP contribution in [-0.2, 0) is 15.0 Å². The van der Waals surface area contributed by atoms with Crippen LogP contribution in [-0.4, -0.2) is 46.1 Å². The molecule has 3 heterocycles. The van der Waals surface area contributed by atoms with Crippen molar-refractivity contribution in [3.8, 4) is 0 Å². The highest BCUT2D eigenvalue weighted by Gasteiger charge is 2.50. The molecule has 2 amide bonds. The second kappa shape index (κ2) is 7.31. The Morgan fingerprint density at radius 2 is 1.78 bits per heavy atom. The average Bonchev–Trinajstić information content (AvgIpc) is 3.15. The molecule has 1 fully saturated rings. The molecule has 166 valence electrons. The predicted octanol–water partition coefficient (Wildman–Crippen LogP) is 3.91. The standard InChI is InChI=1S/C27H30N2O3/c1-26(2)22-11-7-8-12-23(22)28(24(26)30)17-27(3,32)25(31)29-20-13-14-21(29)16-19(15-20)18-9-5-4-6-10-18/h4-12,15,20-21,32H,13-14,16-17H2,1-3H3. The van der Waals surface area contributed by atoms with Gasteiger partial charge in [-0.25, -0.2) is 0 Å². The summed E-state index contributed by atoms with van der Waals surface area (Å²) in [5.74, 6) is -0.372. The molecule has 0 saturated carbocycles. The third-order valence-electron chi connectivity index (χ3n) is 7.35. The number of β-amino-alcohol motifs (C(OH)–C–C–N with tert-alkyl or cyclic N) is 1. The van der Waals surface area contributed by atoms with Gasteiger partial charge in [0.1, 0.15) is 0 Å². The summed E-state index contributed by atoms with van der Waals surface area (Å²) >= 11 is 0. The minimum Gasteiger partial charge on any atom is -0.378 e. The monoisotopic (exact) mass is 430 g/mol. The first-order valence-electron chi connectivity index (χ1n) is 11.4. The fourth-order valence-electron chi connectivity index (χ4n) is 5.62. The number of para-hydroxylation sites is 1. The minimum absolute atomic E-state index is 0.0130. The maximum Gasteiger partial charge on any atom is 0.256 e. The molecule has 5 nitrogen and oxygen atoms in total. The lowest BCUT2D eigenvalue weighted by Gasteiger charge is -2.39. The molecule has 3 aliphatic rings. The van der Waals surface area contributed by atoms with E-state index in [4.69, 9.17) is 0 Å². The Hall–Kier alpha value is -2.92. The maximum absolute atomic E-state index is 13.6. The van der Waals surface area contributed by atoms with Crippen molar-refractivity contribution in [2.45, 2.75) is 63.1 Å². The van der Waals surface area contributed by atoms with Gasteiger partial charge >= 0.3 is 0 Å². The second-order valence-electron chi connectivity index (χ2n) is 10.1. The minimum atomic E-state index is -1.66. The van der Waals surface area contributed by atoms with E-state index in [1.54, 1.807) is 11.8 Å². The van der Waals surface area contributed by atoms with Crippen molar-refractivity contribution in [1.82, 2.24) is 4.90 Å². The molecule has 1 saturated heterocycles. The number of rotatable bonds is 4. The van der Waals surface area contributed by atoms with Crippen molar-refractivity contribution in [2.24, 2.45) is 0 Å². The SMILES string of the molecule is CC(O)(CN1C(=O)C(C)(C)c2ccccc21)C(=O)N1C2C=C(c3ccccc3)CC1CC2. The predicted molar refractivity (Wildman–Crippen MR) is 125 cm³/mol. The normalized spacial score (nSPS) is 25.4. The smallest absolute Gasteiger partial charge is 0.256 e. The van der Waals surface area contributed by atoms with E-state index in [1.807, 2.05) is 61.2 Å². The zero-order valence-electron chi connectivity index (χ0n) is 18.9. The molecule has 3 aliphatic heterocycles. The van der Waals surface area contributed by atoms with Gasteiger partial charge in [-0.1, -0.05) is 54.6 Å². The van der Waals surface area contributed by atoms with Gasteiger partial charge in [0.15, 0.2) is 5.60 Å². The van der Waals surface area contributed by atoms with Gasteiger partial charge in [0.05, 0.1) is 18.0 Å². The third kappa shape index (κ3) is 3.18. The van der Waals surface area contributed by atoms with Crippen LogP contribution in [0.2, 0.25) is 0 Å². The van der Waals surface area contributed by atoms with Gasteiger partial charge in [0.2, 0.25) is 5.91 Å². The molecule has 32 heavy (non-hydrogen) atoms. The van der Waals surface area contributed by atoms with E-state index in [2.05, 4.69) is 18.2 Å². The van der Waals surface area contributed by atoms with Gasteiger partial charge in [-0.2, -0.15) is 0 Å². The van der Waals surface area contributed by atoms with Crippen LogP contribution in [0, 0.1) is 0 Å². The summed E-state index contributed by atoms with van der Waals surface area (Å²) in [6.45, 7) is 5.29. The number of aliphatic hydroxyl groups is 1. The van der Waals surface area contributed by atoms with Crippen molar-refractivity contribution in [3.63, 3.8) is 0 Å². The summed E-state index contributed by atoms with van der Waals surface area (Å²) in [6.07, 6.45) is 4.81. The highest BCUT2D eigenvalue weighted by Crippen LogP contribution is 2.43. The van der Waals surface area contributed by atoms with Crippen LogP contribution < -0.4 is 4.90 Å². The van der Waals surface area contributed by atoms with Crippen LogP contribution in [0.3, 0.4) is 0 Å². The zero-order chi connectivity index (χ0) is 22.7. The van der Waals surface area contributed by atoms with Crippen molar-refractivity contribution in [2.75, 3.05) is 11.4 Å². The molecular formula is C27H30N2O3. The number of benzene rings is 2. The fourth-order valence-corrected chi connectivity index (χ4v) is 5.62. The van der Waals surface area contributed by atoms with Gasteiger partial charge in [-0.05, 0) is 62.8 Å². The zero-order valence-corrected chi connectivity index (χ0v) is 18.9. The van der Waals surface area contributed by atoms with Gasteiger partial charge in [-0.3, -0.25) is 9.59 Å².